The van der Waals surface area contributed by atoms with Crippen LogP contribution in [0.5, 0.6) is 0 Å². The zero-order valence-corrected chi connectivity index (χ0v) is 26.0. The molecule has 2 unspecified atom stereocenters. The lowest BCUT2D eigenvalue weighted by atomic mass is 10.1. The van der Waals surface area contributed by atoms with Gasteiger partial charge in [-0.15, -0.1) is 0 Å². The van der Waals surface area contributed by atoms with E-state index < -0.39 is 28.0 Å². The molecule has 0 bridgehead atoms. The molecule has 0 rings (SSSR count). The Labute approximate surface area is 245 Å². The van der Waals surface area contributed by atoms with Crippen LogP contribution in [0.4, 0.5) is 0 Å². The Morgan fingerprint density at radius 1 is 0.700 bits per heavy atom. The van der Waals surface area contributed by atoms with Crippen LogP contribution in [-0.2, 0) is 14.9 Å². The van der Waals surface area contributed by atoms with Gasteiger partial charge in [-0.2, -0.15) is 8.42 Å². The number of hydrogen-bond acceptors (Lipinski definition) is 4. The summed E-state index contributed by atoms with van der Waals surface area (Å²) in [6, 6.07) is -1.07. The van der Waals surface area contributed by atoms with E-state index >= 15 is 0 Å². The van der Waals surface area contributed by atoms with Gasteiger partial charge in [0.2, 0.25) is 5.91 Å². The third-order valence-electron chi connectivity index (χ3n) is 6.45. The van der Waals surface area contributed by atoms with Crippen molar-refractivity contribution in [2.24, 2.45) is 0 Å². The van der Waals surface area contributed by atoms with E-state index in [1.54, 1.807) is 0 Å². The Morgan fingerprint density at radius 3 is 1.77 bits per heavy atom. The molecule has 0 radical (unpaired) electrons. The van der Waals surface area contributed by atoms with E-state index in [1.807, 2.05) is 6.08 Å². The van der Waals surface area contributed by atoms with Crippen LogP contribution in [0.15, 0.2) is 60.8 Å². The lowest BCUT2D eigenvalue weighted by Crippen LogP contribution is -2.46. The highest BCUT2D eigenvalue weighted by molar-refractivity contribution is 7.85. The van der Waals surface area contributed by atoms with Gasteiger partial charge in [0.05, 0.1) is 17.9 Å². The van der Waals surface area contributed by atoms with Crippen molar-refractivity contribution in [3.63, 3.8) is 0 Å². The van der Waals surface area contributed by atoms with Crippen LogP contribution in [-0.4, -0.2) is 41.9 Å². The second-order valence-corrected chi connectivity index (χ2v) is 11.8. The SMILES string of the molecule is CC/C=C\C/C=C\C/C=C\C/C=C\CCCCCCC(=O)NC(CS(=O)(=O)O)C(O)/C=C/CCCCCCCC. The topological polar surface area (TPSA) is 104 Å². The van der Waals surface area contributed by atoms with Crippen LogP contribution in [0.1, 0.15) is 123 Å². The van der Waals surface area contributed by atoms with Crippen LogP contribution < -0.4 is 5.32 Å². The van der Waals surface area contributed by atoms with Gasteiger partial charge in [0.15, 0.2) is 0 Å². The molecule has 2 atom stereocenters. The van der Waals surface area contributed by atoms with Gasteiger partial charge < -0.3 is 10.4 Å². The molecule has 3 N–H and O–H groups in total. The Morgan fingerprint density at radius 2 is 1.20 bits per heavy atom. The summed E-state index contributed by atoms with van der Waals surface area (Å²) in [6.07, 6.45) is 36.4. The largest absolute Gasteiger partial charge is 0.387 e. The number of hydrogen-bond donors (Lipinski definition) is 3. The fourth-order valence-corrected chi connectivity index (χ4v) is 4.88. The van der Waals surface area contributed by atoms with Crippen molar-refractivity contribution in [3.05, 3.63) is 60.8 Å². The number of carbonyl (C=O) groups excluding carboxylic acids is 1. The molecular formula is C33H57NO5S. The van der Waals surface area contributed by atoms with E-state index in [2.05, 4.69) is 67.8 Å². The molecule has 0 aromatic carbocycles. The molecule has 0 aliphatic rings. The fourth-order valence-electron chi connectivity index (χ4n) is 4.14. The third kappa shape index (κ3) is 27.6. The monoisotopic (exact) mass is 579 g/mol. The summed E-state index contributed by atoms with van der Waals surface area (Å²) in [7, 11) is -4.34. The molecular weight excluding hydrogens is 522 g/mol. The van der Waals surface area contributed by atoms with Crippen molar-refractivity contribution in [3.8, 4) is 0 Å². The first-order valence-electron chi connectivity index (χ1n) is 15.5. The zero-order valence-electron chi connectivity index (χ0n) is 25.2. The molecule has 0 aromatic rings. The summed E-state index contributed by atoms with van der Waals surface area (Å²) in [5.41, 5.74) is 0. The summed E-state index contributed by atoms with van der Waals surface area (Å²) < 4.78 is 32.1. The van der Waals surface area contributed by atoms with Crippen molar-refractivity contribution in [1.82, 2.24) is 5.32 Å². The van der Waals surface area contributed by atoms with Crippen molar-refractivity contribution in [2.45, 2.75) is 135 Å². The molecule has 0 saturated carbocycles. The smallest absolute Gasteiger partial charge is 0.267 e. The van der Waals surface area contributed by atoms with Gasteiger partial charge in [-0.05, 0) is 57.8 Å². The molecule has 6 nitrogen and oxygen atoms in total. The highest BCUT2D eigenvalue weighted by Gasteiger charge is 2.24. The average Bonchev–Trinajstić information content (AvgIpc) is 2.90. The van der Waals surface area contributed by atoms with Gasteiger partial charge in [-0.25, -0.2) is 0 Å². The minimum atomic E-state index is -4.34. The predicted molar refractivity (Wildman–Crippen MR) is 170 cm³/mol. The van der Waals surface area contributed by atoms with E-state index in [0.29, 0.717) is 6.42 Å². The van der Waals surface area contributed by atoms with Gasteiger partial charge in [0.1, 0.15) is 0 Å². The number of amides is 1. The fraction of sp³-hybridized carbons (Fsp3) is 0.667. The molecule has 0 aliphatic carbocycles. The molecule has 7 heteroatoms. The molecule has 0 heterocycles. The average molecular weight is 580 g/mol. The van der Waals surface area contributed by atoms with E-state index in [0.717, 1.165) is 70.6 Å². The number of aliphatic hydroxyl groups is 1. The summed E-state index contributed by atoms with van der Waals surface area (Å²) in [5, 5.41) is 13.0. The van der Waals surface area contributed by atoms with Crippen LogP contribution in [0.3, 0.4) is 0 Å². The quantitative estimate of drug-likeness (QED) is 0.0545. The second kappa shape index (κ2) is 27.2. The normalized spacial score (nSPS) is 14.4. The third-order valence-corrected chi connectivity index (χ3v) is 7.23. The number of unbranched alkanes of at least 4 members (excludes halogenated alkanes) is 10. The first kappa shape index (κ1) is 38.0. The molecule has 1 amide bonds. The summed E-state index contributed by atoms with van der Waals surface area (Å²) in [6.45, 7) is 4.32. The first-order valence-corrected chi connectivity index (χ1v) is 17.1. The lowest BCUT2D eigenvalue weighted by molar-refractivity contribution is -0.122. The minimum absolute atomic E-state index is 0.264. The summed E-state index contributed by atoms with van der Waals surface area (Å²) >= 11 is 0. The van der Waals surface area contributed by atoms with Crippen LogP contribution >= 0.6 is 0 Å². The Bertz CT molecular complexity index is 858. The maximum absolute atomic E-state index is 12.4. The van der Waals surface area contributed by atoms with Gasteiger partial charge in [-0.3, -0.25) is 9.35 Å². The highest BCUT2D eigenvalue weighted by atomic mass is 32.2. The van der Waals surface area contributed by atoms with Crippen molar-refractivity contribution < 1.29 is 22.9 Å². The van der Waals surface area contributed by atoms with E-state index in [9.17, 15) is 22.9 Å². The highest BCUT2D eigenvalue weighted by Crippen LogP contribution is 2.10. The number of allylic oxidation sites excluding steroid dienone is 9. The molecule has 0 aliphatic heterocycles. The van der Waals surface area contributed by atoms with E-state index in [4.69, 9.17) is 0 Å². The molecule has 0 saturated heterocycles. The van der Waals surface area contributed by atoms with Crippen LogP contribution in [0, 0.1) is 0 Å². The Balaban J connectivity index is 4.10. The number of carbonyl (C=O) groups is 1. The summed E-state index contributed by atoms with van der Waals surface area (Å²) in [5.74, 6) is -1.02. The molecule has 230 valence electrons. The van der Waals surface area contributed by atoms with Crippen molar-refractivity contribution in [1.29, 1.82) is 0 Å². The van der Waals surface area contributed by atoms with Gasteiger partial charge >= 0.3 is 0 Å². The van der Waals surface area contributed by atoms with Gasteiger partial charge in [0.25, 0.3) is 10.1 Å². The van der Waals surface area contributed by atoms with Crippen LogP contribution in [0.2, 0.25) is 0 Å². The lowest BCUT2D eigenvalue weighted by Gasteiger charge is -2.21. The van der Waals surface area contributed by atoms with E-state index in [1.165, 1.54) is 31.8 Å². The Kier molecular flexibility index (Phi) is 25.9. The number of rotatable bonds is 26. The maximum atomic E-state index is 12.4. The number of aliphatic hydroxyl groups excluding tert-OH is 1. The molecule has 0 spiro atoms. The van der Waals surface area contributed by atoms with Crippen molar-refractivity contribution >= 4 is 16.0 Å². The first-order chi connectivity index (χ1) is 19.3. The molecule has 40 heavy (non-hydrogen) atoms. The zero-order chi connectivity index (χ0) is 29.7. The van der Waals surface area contributed by atoms with Gasteiger partial charge in [-0.1, -0.05) is 120 Å². The van der Waals surface area contributed by atoms with Crippen molar-refractivity contribution in [2.75, 3.05) is 5.75 Å². The van der Waals surface area contributed by atoms with E-state index in [-0.39, 0.29) is 12.3 Å². The number of nitrogens with one attached hydrogen (secondary N) is 1. The minimum Gasteiger partial charge on any atom is -0.387 e. The Hall–Kier alpha value is -1.96. The summed E-state index contributed by atoms with van der Waals surface area (Å²) in [4.78, 5) is 12.4. The molecule has 0 aromatic heterocycles. The molecule has 0 fully saturated rings. The standard InChI is InChI=1S/C33H57NO5S/c1-3-5-7-9-11-13-14-15-16-17-18-19-20-21-23-25-27-29-33(36)34-31(30-40(37,38)39)32(35)28-26-24-22-12-10-8-6-4-2/h5,7,11,13,15-16,18-19,26,28,31-32,35H,3-4,6,8-10,12,14,17,20-25,27,29-30H2,1-2H3,(H,34,36)(H,37,38,39)/b7-5-,13-11-,16-15-,19-18-,28-26+. The maximum Gasteiger partial charge on any atom is 0.267 e. The predicted octanol–water partition coefficient (Wildman–Crippen LogP) is 8.17. The van der Waals surface area contributed by atoms with Crippen LogP contribution in [0.25, 0.3) is 0 Å². The second-order valence-electron chi connectivity index (χ2n) is 10.4. The van der Waals surface area contributed by atoms with Gasteiger partial charge in [0, 0.05) is 6.42 Å².